The van der Waals surface area contributed by atoms with Crippen LogP contribution in [0.25, 0.3) is 0 Å². The summed E-state index contributed by atoms with van der Waals surface area (Å²) in [6, 6.07) is 2.99. The van der Waals surface area contributed by atoms with Crippen LogP contribution in [-0.2, 0) is 17.9 Å². The van der Waals surface area contributed by atoms with Crippen molar-refractivity contribution in [1.82, 2.24) is 25.3 Å². The minimum Gasteiger partial charge on any atom is -0.477 e. The molecule has 2 N–H and O–H groups in total. The molecule has 2 aromatic rings. The lowest BCUT2D eigenvalue weighted by Crippen LogP contribution is -2.27. The number of nitrogens with one attached hydrogen (secondary N) is 1. The van der Waals surface area contributed by atoms with Crippen molar-refractivity contribution in [3.05, 3.63) is 42.0 Å². The number of amides is 1. The maximum atomic E-state index is 11.5. The van der Waals surface area contributed by atoms with E-state index in [1.807, 2.05) is 0 Å². The molecule has 0 aliphatic heterocycles. The van der Waals surface area contributed by atoms with E-state index in [0.717, 1.165) is 5.56 Å². The smallest absolute Gasteiger partial charge is 0.354 e. The molecule has 0 spiro atoms. The number of aromatic nitrogens is 4. The molecule has 0 bridgehead atoms. The van der Waals surface area contributed by atoms with Gasteiger partial charge in [0.15, 0.2) is 0 Å². The van der Waals surface area contributed by atoms with Gasteiger partial charge in [-0.15, -0.1) is 5.10 Å². The van der Waals surface area contributed by atoms with Gasteiger partial charge < -0.3 is 10.4 Å². The Bertz CT molecular complexity index is 565. The topological polar surface area (TPSA) is 110 Å². The molecule has 2 rings (SSSR count). The zero-order chi connectivity index (χ0) is 13.7. The van der Waals surface area contributed by atoms with Gasteiger partial charge >= 0.3 is 5.97 Å². The highest BCUT2D eigenvalue weighted by atomic mass is 16.4. The van der Waals surface area contributed by atoms with Crippen molar-refractivity contribution in [2.75, 3.05) is 0 Å². The first-order chi connectivity index (χ1) is 9.15. The van der Waals surface area contributed by atoms with Crippen molar-refractivity contribution >= 4 is 11.9 Å². The van der Waals surface area contributed by atoms with E-state index in [1.165, 1.54) is 23.1 Å². The summed E-state index contributed by atoms with van der Waals surface area (Å²) in [5.74, 6) is -1.30. The lowest BCUT2D eigenvalue weighted by Gasteiger charge is -2.05. The van der Waals surface area contributed by atoms with Crippen molar-refractivity contribution in [2.24, 2.45) is 0 Å². The zero-order valence-corrected chi connectivity index (χ0v) is 9.85. The van der Waals surface area contributed by atoms with Crippen LogP contribution in [0.2, 0.25) is 0 Å². The van der Waals surface area contributed by atoms with Crippen molar-refractivity contribution in [1.29, 1.82) is 0 Å². The number of nitrogens with zero attached hydrogens (tertiary/aromatic N) is 4. The highest BCUT2D eigenvalue weighted by molar-refractivity contribution is 5.85. The van der Waals surface area contributed by atoms with Gasteiger partial charge in [-0.2, -0.15) is 0 Å². The third-order valence-electron chi connectivity index (χ3n) is 2.31. The first-order valence-corrected chi connectivity index (χ1v) is 5.44. The van der Waals surface area contributed by atoms with Crippen molar-refractivity contribution in [2.45, 2.75) is 13.1 Å². The third kappa shape index (κ3) is 3.60. The fourth-order valence-electron chi connectivity index (χ4n) is 1.38. The average Bonchev–Trinajstić information content (AvgIpc) is 2.89. The van der Waals surface area contributed by atoms with E-state index < -0.39 is 5.97 Å². The largest absolute Gasteiger partial charge is 0.477 e. The summed E-state index contributed by atoms with van der Waals surface area (Å²) in [5, 5.41) is 18.6. The lowest BCUT2D eigenvalue weighted by atomic mass is 10.2. The van der Waals surface area contributed by atoms with E-state index in [9.17, 15) is 9.59 Å². The summed E-state index contributed by atoms with van der Waals surface area (Å²) >= 11 is 0. The molecular formula is C11H11N5O3. The van der Waals surface area contributed by atoms with Crippen LogP contribution in [0.5, 0.6) is 0 Å². The predicted molar refractivity (Wildman–Crippen MR) is 63.1 cm³/mol. The molecule has 0 aliphatic carbocycles. The molecular weight excluding hydrogens is 250 g/mol. The number of carboxylic acids is 1. The number of carbonyl (C=O) groups excluding carboxylic acids is 1. The van der Waals surface area contributed by atoms with Gasteiger partial charge in [-0.25, -0.2) is 14.5 Å². The van der Waals surface area contributed by atoms with Gasteiger partial charge in [0.25, 0.3) is 0 Å². The molecule has 0 unspecified atom stereocenters. The minimum atomic E-state index is -1.08. The molecule has 0 radical (unpaired) electrons. The molecule has 2 heterocycles. The molecule has 0 atom stereocenters. The molecule has 0 aliphatic rings. The number of hydrogen-bond donors (Lipinski definition) is 2. The molecule has 8 heteroatoms. The van der Waals surface area contributed by atoms with Gasteiger partial charge in [-0.05, 0) is 11.6 Å². The number of hydrogen-bond acceptors (Lipinski definition) is 5. The molecule has 2 aromatic heterocycles. The monoisotopic (exact) mass is 261 g/mol. The van der Waals surface area contributed by atoms with Crippen LogP contribution in [-0.4, -0.2) is 37.0 Å². The molecule has 0 saturated heterocycles. The van der Waals surface area contributed by atoms with E-state index in [1.54, 1.807) is 12.3 Å². The third-order valence-corrected chi connectivity index (χ3v) is 2.31. The summed E-state index contributed by atoms with van der Waals surface area (Å²) in [5.41, 5.74) is 0.689. The van der Waals surface area contributed by atoms with Crippen molar-refractivity contribution in [3.63, 3.8) is 0 Å². The quantitative estimate of drug-likeness (QED) is 0.763. The summed E-state index contributed by atoms with van der Waals surface area (Å²) in [4.78, 5) is 25.9. The number of aromatic carboxylic acids is 1. The summed E-state index contributed by atoms with van der Waals surface area (Å²) < 4.78 is 1.40. The van der Waals surface area contributed by atoms with Crippen LogP contribution in [0.15, 0.2) is 30.7 Å². The normalized spacial score (nSPS) is 10.1. The number of carboxylic acid groups (broad SMARTS) is 1. The Hall–Kier alpha value is -2.77. The molecule has 0 saturated carbocycles. The van der Waals surface area contributed by atoms with Gasteiger partial charge in [-0.1, -0.05) is 11.3 Å². The Morgan fingerprint density at radius 2 is 2.21 bits per heavy atom. The highest BCUT2D eigenvalue weighted by Crippen LogP contribution is 2.00. The SMILES string of the molecule is O=C(Cn1ccnn1)NCc1ccc(C(=O)O)nc1. The van der Waals surface area contributed by atoms with Crippen LogP contribution in [0.1, 0.15) is 16.1 Å². The zero-order valence-electron chi connectivity index (χ0n) is 9.85. The number of pyridine rings is 1. The molecule has 19 heavy (non-hydrogen) atoms. The van der Waals surface area contributed by atoms with Crippen LogP contribution in [0.3, 0.4) is 0 Å². The molecule has 1 amide bonds. The predicted octanol–water partition coefficient (Wildman–Crippen LogP) is -0.312. The average molecular weight is 261 g/mol. The lowest BCUT2D eigenvalue weighted by molar-refractivity contribution is -0.122. The maximum Gasteiger partial charge on any atom is 0.354 e. The second kappa shape index (κ2) is 5.71. The van der Waals surface area contributed by atoms with E-state index >= 15 is 0 Å². The molecule has 0 fully saturated rings. The summed E-state index contributed by atoms with van der Waals surface area (Å²) in [7, 11) is 0. The fraction of sp³-hybridized carbons (Fsp3) is 0.182. The second-order valence-corrected chi connectivity index (χ2v) is 3.73. The fourth-order valence-corrected chi connectivity index (χ4v) is 1.38. The molecule has 8 nitrogen and oxygen atoms in total. The first-order valence-electron chi connectivity index (χ1n) is 5.44. The Balaban J connectivity index is 1.84. The number of rotatable bonds is 5. The summed E-state index contributed by atoms with van der Waals surface area (Å²) in [6.45, 7) is 0.362. The van der Waals surface area contributed by atoms with Gasteiger partial charge in [0.1, 0.15) is 12.2 Å². The van der Waals surface area contributed by atoms with E-state index in [4.69, 9.17) is 5.11 Å². The van der Waals surface area contributed by atoms with Gasteiger partial charge in [0.05, 0.1) is 6.20 Å². The van der Waals surface area contributed by atoms with Gasteiger partial charge in [0.2, 0.25) is 5.91 Å². The summed E-state index contributed by atoms with van der Waals surface area (Å²) in [6.07, 6.45) is 4.49. The number of carbonyl (C=O) groups is 2. The van der Waals surface area contributed by atoms with Crippen molar-refractivity contribution in [3.8, 4) is 0 Å². The Morgan fingerprint density at radius 1 is 1.37 bits per heavy atom. The Labute approximate surface area is 108 Å². The van der Waals surface area contributed by atoms with Crippen LogP contribution in [0.4, 0.5) is 0 Å². The minimum absolute atomic E-state index is 0.0299. The standard InChI is InChI=1S/C11H11N5O3/c17-10(7-16-4-3-14-15-16)13-6-8-1-2-9(11(18)19)12-5-8/h1-5H,6-7H2,(H,13,17)(H,18,19). The van der Waals surface area contributed by atoms with E-state index in [-0.39, 0.29) is 24.7 Å². The Morgan fingerprint density at radius 3 is 2.79 bits per heavy atom. The molecule has 0 aromatic carbocycles. The van der Waals surface area contributed by atoms with Crippen LogP contribution >= 0.6 is 0 Å². The maximum absolute atomic E-state index is 11.5. The highest BCUT2D eigenvalue weighted by Gasteiger charge is 2.05. The van der Waals surface area contributed by atoms with Crippen LogP contribution < -0.4 is 5.32 Å². The van der Waals surface area contributed by atoms with Crippen molar-refractivity contribution < 1.29 is 14.7 Å². The second-order valence-electron chi connectivity index (χ2n) is 3.73. The van der Waals surface area contributed by atoms with E-state index in [0.29, 0.717) is 0 Å². The van der Waals surface area contributed by atoms with E-state index in [2.05, 4.69) is 20.6 Å². The van der Waals surface area contributed by atoms with Gasteiger partial charge in [-0.3, -0.25) is 4.79 Å². The van der Waals surface area contributed by atoms with Gasteiger partial charge in [0, 0.05) is 18.9 Å². The van der Waals surface area contributed by atoms with Crippen LogP contribution in [0, 0.1) is 0 Å². The first kappa shape index (κ1) is 12.7. The molecule has 98 valence electrons. The Kier molecular flexibility index (Phi) is 3.81.